The van der Waals surface area contributed by atoms with Gasteiger partial charge in [0.05, 0.1) is 19.2 Å². The van der Waals surface area contributed by atoms with Crippen molar-refractivity contribution in [3.05, 3.63) is 91.4 Å². The molecule has 0 radical (unpaired) electrons. The number of carbonyl (C=O) groups excluding carboxylic acids is 1. The van der Waals surface area contributed by atoms with Crippen LogP contribution in [0.1, 0.15) is 16.7 Å². The van der Waals surface area contributed by atoms with E-state index in [1.165, 1.54) is 15.9 Å². The number of hydrogen-bond acceptors (Lipinski definition) is 5. The number of fused-ring (bicyclic) bond motifs is 1. The summed E-state index contributed by atoms with van der Waals surface area (Å²) in [6.45, 7) is 3.86. The molecule has 0 saturated carbocycles. The minimum Gasteiger partial charge on any atom is -0.497 e. The van der Waals surface area contributed by atoms with Gasteiger partial charge in [0.2, 0.25) is 5.91 Å². The van der Waals surface area contributed by atoms with Crippen LogP contribution in [0.3, 0.4) is 0 Å². The molecule has 1 N–H and O–H groups in total. The minimum absolute atomic E-state index is 0.0848. The second kappa shape index (κ2) is 8.84. The number of aryl methyl sites for hydroxylation is 2. The lowest BCUT2D eigenvalue weighted by Crippen LogP contribution is -2.41. The molecule has 0 bridgehead atoms. The van der Waals surface area contributed by atoms with Gasteiger partial charge in [0.1, 0.15) is 17.0 Å². The van der Waals surface area contributed by atoms with Crippen molar-refractivity contribution in [3.8, 4) is 5.75 Å². The summed E-state index contributed by atoms with van der Waals surface area (Å²) < 4.78 is 8.19. The summed E-state index contributed by atoms with van der Waals surface area (Å²) in [6.07, 6.45) is 0. The maximum Gasteiger partial charge on any atom is 0.332 e. The highest BCUT2D eigenvalue weighted by atomic mass is 32.1. The van der Waals surface area contributed by atoms with Crippen LogP contribution in [0, 0.1) is 13.8 Å². The van der Waals surface area contributed by atoms with E-state index in [2.05, 4.69) is 5.32 Å². The fraction of sp³-hybridized carbons (Fsp3) is 0.208. The van der Waals surface area contributed by atoms with Gasteiger partial charge in [-0.15, -0.1) is 11.3 Å². The van der Waals surface area contributed by atoms with E-state index in [-0.39, 0.29) is 24.6 Å². The Morgan fingerprint density at radius 2 is 1.84 bits per heavy atom. The molecule has 0 atom stereocenters. The number of nitrogens with one attached hydrogen (secondary N) is 1. The summed E-state index contributed by atoms with van der Waals surface area (Å²) in [4.78, 5) is 39.0. The molecule has 7 nitrogen and oxygen atoms in total. The fourth-order valence-electron chi connectivity index (χ4n) is 3.54. The van der Waals surface area contributed by atoms with Gasteiger partial charge in [-0.2, -0.15) is 0 Å². The molecule has 4 aromatic rings. The monoisotopic (exact) mass is 449 g/mol. The number of aromatic nitrogens is 2. The first kappa shape index (κ1) is 21.6. The van der Waals surface area contributed by atoms with Crippen molar-refractivity contribution in [1.29, 1.82) is 0 Å². The number of amides is 1. The number of methoxy groups -OCH3 is 1. The van der Waals surface area contributed by atoms with Crippen LogP contribution in [0.2, 0.25) is 0 Å². The van der Waals surface area contributed by atoms with E-state index in [0.29, 0.717) is 21.7 Å². The van der Waals surface area contributed by atoms with Gasteiger partial charge < -0.3 is 10.1 Å². The Hall–Kier alpha value is -3.65. The first-order valence-corrected chi connectivity index (χ1v) is 11.0. The minimum atomic E-state index is -0.529. The lowest BCUT2D eigenvalue weighted by atomic mass is 10.1. The Kier molecular flexibility index (Phi) is 5.96. The molecular formula is C24H23N3O4S. The second-order valence-electron chi connectivity index (χ2n) is 7.59. The third-order valence-corrected chi connectivity index (χ3v) is 6.30. The van der Waals surface area contributed by atoms with Gasteiger partial charge in [0.15, 0.2) is 0 Å². The number of thiophene rings is 1. The summed E-state index contributed by atoms with van der Waals surface area (Å²) in [5, 5.41) is 4.59. The Balaban J connectivity index is 1.70. The van der Waals surface area contributed by atoms with Gasteiger partial charge in [-0.25, -0.2) is 4.79 Å². The molecule has 2 aromatic carbocycles. The predicted molar refractivity (Wildman–Crippen MR) is 127 cm³/mol. The van der Waals surface area contributed by atoms with Gasteiger partial charge >= 0.3 is 5.69 Å². The van der Waals surface area contributed by atoms with E-state index in [9.17, 15) is 14.4 Å². The van der Waals surface area contributed by atoms with E-state index < -0.39 is 5.69 Å². The average Bonchev–Trinajstić information content (AvgIpc) is 3.27. The zero-order valence-corrected chi connectivity index (χ0v) is 18.9. The summed E-state index contributed by atoms with van der Waals surface area (Å²) in [7, 11) is 1.56. The quantitative estimate of drug-likeness (QED) is 0.488. The number of hydrogen-bond donors (Lipinski definition) is 1. The number of anilines is 1. The van der Waals surface area contributed by atoms with Gasteiger partial charge in [-0.3, -0.25) is 18.7 Å². The Bertz CT molecular complexity index is 1430. The lowest BCUT2D eigenvalue weighted by Gasteiger charge is -2.13. The van der Waals surface area contributed by atoms with E-state index >= 15 is 0 Å². The van der Waals surface area contributed by atoms with Crippen LogP contribution in [0.4, 0.5) is 5.69 Å². The largest absolute Gasteiger partial charge is 0.497 e. The number of nitrogens with zero attached hydrogens (tertiary/aromatic N) is 2. The maximum atomic E-state index is 13.3. The SMILES string of the molecule is COc1cccc(Cn2c(=O)c3sccc3n(CC(=O)Nc3ccc(C)c(C)c3)c2=O)c1. The normalized spacial score (nSPS) is 11.0. The first-order valence-electron chi connectivity index (χ1n) is 10.1. The molecule has 164 valence electrons. The van der Waals surface area contributed by atoms with Crippen LogP contribution in [0.5, 0.6) is 5.75 Å². The third kappa shape index (κ3) is 4.22. The van der Waals surface area contributed by atoms with Crippen molar-refractivity contribution >= 4 is 33.1 Å². The zero-order valence-electron chi connectivity index (χ0n) is 18.0. The van der Waals surface area contributed by atoms with Crippen molar-refractivity contribution in [3.63, 3.8) is 0 Å². The predicted octanol–water partition coefficient (Wildman–Crippen LogP) is 3.54. The molecule has 2 heterocycles. The van der Waals surface area contributed by atoms with Crippen LogP contribution in [0.15, 0.2) is 63.5 Å². The van der Waals surface area contributed by atoms with E-state index in [1.807, 2.05) is 38.1 Å². The Morgan fingerprint density at radius 1 is 1.03 bits per heavy atom. The molecule has 0 unspecified atom stereocenters. The highest BCUT2D eigenvalue weighted by Gasteiger charge is 2.17. The molecule has 4 rings (SSSR count). The molecule has 0 aliphatic rings. The number of carbonyl (C=O) groups is 1. The van der Waals surface area contributed by atoms with Crippen molar-refractivity contribution in [2.75, 3.05) is 12.4 Å². The Labute approximate surface area is 188 Å². The molecule has 32 heavy (non-hydrogen) atoms. The summed E-state index contributed by atoms with van der Waals surface area (Å²) in [5.74, 6) is 0.301. The number of rotatable bonds is 6. The average molecular weight is 450 g/mol. The van der Waals surface area contributed by atoms with Crippen molar-refractivity contribution < 1.29 is 9.53 Å². The lowest BCUT2D eigenvalue weighted by molar-refractivity contribution is -0.116. The molecule has 0 fully saturated rings. The van der Waals surface area contributed by atoms with Crippen LogP contribution in [-0.2, 0) is 17.9 Å². The summed E-state index contributed by atoms with van der Waals surface area (Å²) in [5.41, 5.74) is 3.17. The summed E-state index contributed by atoms with van der Waals surface area (Å²) >= 11 is 1.25. The molecular weight excluding hydrogens is 426 g/mol. The van der Waals surface area contributed by atoms with Crippen molar-refractivity contribution in [2.45, 2.75) is 26.9 Å². The number of benzene rings is 2. The standard InChI is InChI=1S/C24H23N3O4S/c1-15-7-8-18(11-16(15)2)25-21(28)14-26-20-9-10-32-22(20)23(29)27(24(26)30)13-17-5-4-6-19(12-17)31-3/h4-12H,13-14H2,1-3H3,(H,25,28). The van der Waals surface area contributed by atoms with Gasteiger partial charge in [-0.05, 0) is 66.2 Å². The highest BCUT2D eigenvalue weighted by molar-refractivity contribution is 7.17. The zero-order chi connectivity index (χ0) is 22.8. The Morgan fingerprint density at radius 3 is 2.59 bits per heavy atom. The molecule has 1 amide bonds. The van der Waals surface area contributed by atoms with Crippen LogP contribution >= 0.6 is 11.3 Å². The first-order chi connectivity index (χ1) is 15.4. The van der Waals surface area contributed by atoms with Crippen LogP contribution < -0.4 is 21.3 Å². The van der Waals surface area contributed by atoms with Gasteiger partial charge in [0.25, 0.3) is 5.56 Å². The van der Waals surface area contributed by atoms with E-state index in [0.717, 1.165) is 21.3 Å². The molecule has 2 aromatic heterocycles. The number of ether oxygens (including phenoxy) is 1. The second-order valence-corrected chi connectivity index (χ2v) is 8.51. The van der Waals surface area contributed by atoms with Crippen molar-refractivity contribution in [1.82, 2.24) is 9.13 Å². The van der Waals surface area contributed by atoms with E-state index in [4.69, 9.17) is 4.74 Å². The summed E-state index contributed by atoms with van der Waals surface area (Å²) in [6, 6.07) is 14.5. The fourth-order valence-corrected chi connectivity index (χ4v) is 4.39. The molecule has 0 aliphatic carbocycles. The van der Waals surface area contributed by atoms with Gasteiger partial charge in [-0.1, -0.05) is 18.2 Å². The maximum absolute atomic E-state index is 13.3. The van der Waals surface area contributed by atoms with Crippen molar-refractivity contribution in [2.24, 2.45) is 0 Å². The molecule has 8 heteroatoms. The van der Waals surface area contributed by atoms with E-state index in [1.54, 1.807) is 36.8 Å². The topological polar surface area (TPSA) is 82.3 Å². The molecule has 0 spiro atoms. The van der Waals surface area contributed by atoms with Crippen LogP contribution in [0.25, 0.3) is 10.2 Å². The molecule has 0 saturated heterocycles. The van der Waals surface area contributed by atoms with Crippen LogP contribution in [-0.4, -0.2) is 22.2 Å². The molecule has 0 aliphatic heterocycles. The third-order valence-electron chi connectivity index (χ3n) is 5.40. The smallest absolute Gasteiger partial charge is 0.332 e. The highest BCUT2D eigenvalue weighted by Crippen LogP contribution is 2.18. The van der Waals surface area contributed by atoms with Gasteiger partial charge in [0, 0.05) is 5.69 Å².